The molecule has 1 rings (SSSR count). The van der Waals surface area contributed by atoms with Crippen LogP contribution in [-0.2, 0) is 14.3 Å². The average molecular weight is 1050 g/mol. The van der Waals surface area contributed by atoms with Crippen molar-refractivity contribution in [1.29, 1.82) is 0 Å². The van der Waals surface area contributed by atoms with E-state index in [1.165, 1.54) is 199 Å². The van der Waals surface area contributed by atoms with Crippen LogP contribution in [0.15, 0.2) is 36.5 Å². The normalized spacial score (nSPS) is 20.0. The number of hydrogen-bond donors (Lipinski definition) is 8. The minimum Gasteiger partial charge on any atom is -0.394 e. The molecule has 0 aromatic heterocycles. The van der Waals surface area contributed by atoms with Gasteiger partial charge in [-0.2, -0.15) is 0 Å². The third kappa shape index (κ3) is 39.7. The zero-order valence-corrected chi connectivity index (χ0v) is 47.8. The van der Waals surface area contributed by atoms with Crippen LogP contribution in [0.2, 0.25) is 0 Å². The maximum atomic E-state index is 13.2. The van der Waals surface area contributed by atoms with Gasteiger partial charge in [-0.1, -0.05) is 262 Å². The Kier molecular flexibility index (Phi) is 49.5. The fourth-order valence-electron chi connectivity index (χ4n) is 10.1. The van der Waals surface area contributed by atoms with Gasteiger partial charge in [-0.3, -0.25) is 4.79 Å². The van der Waals surface area contributed by atoms with Gasteiger partial charge in [0.2, 0.25) is 5.91 Å². The number of allylic oxidation sites excluding steroid dienone is 6. The molecule has 1 heterocycles. The predicted molar refractivity (Wildman–Crippen MR) is 307 cm³/mol. The van der Waals surface area contributed by atoms with E-state index in [2.05, 4.69) is 55.6 Å². The number of hydrogen-bond acceptors (Lipinski definition) is 10. The predicted octanol–water partition coefficient (Wildman–Crippen LogP) is 13.9. The summed E-state index contributed by atoms with van der Waals surface area (Å²) in [5.41, 5.74) is 0. The Morgan fingerprint density at radius 1 is 0.459 bits per heavy atom. The Balaban J connectivity index is 2.21. The Morgan fingerprint density at radius 2 is 0.811 bits per heavy atom. The summed E-state index contributed by atoms with van der Waals surface area (Å²) in [6.07, 6.45) is 53.7. The third-order valence-corrected chi connectivity index (χ3v) is 15.2. The van der Waals surface area contributed by atoms with E-state index in [1.54, 1.807) is 0 Å². The SMILES string of the molecule is CCCCC/C=C/CC/C=C/CC/C=C/CCCC(O)C(O)C(COC1OC(CO)C(O)C(O)C1O)NC(=O)C(O)CCCCCCCCCCCCCCCCCCCCCCCCCCCCCCCCC. The van der Waals surface area contributed by atoms with Crippen LogP contribution in [0.4, 0.5) is 0 Å². The van der Waals surface area contributed by atoms with E-state index in [-0.39, 0.29) is 12.8 Å². The van der Waals surface area contributed by atoms with Crippen LogP contribution in [0, 0.1) is 0 Å². The molecule has 0 bridgehead atoms. The van der Waals surface area contributed by atoms with Crippen molar-refractivity contribution in [1.82, 2.24) is 5.32 Å². The molecule has 1 aliphatic heterocycles. The molecule has 1 fully saturated rings. The molecule has 1 saturated heterocycles. The molecule has 11 nitrogen and oxygen atoms in total. The van der Waals surface area contributed by atoms with Gasteiger partial charge in [-0.05, 0) is 64.2 Å². The van der Waals surface area contributed by atoms with Crippen molar-refractivity contribution in [2.75, 3.05) is 13.2 Å². The molecular formula is C63H119NO10. The Labute approximate surface area is 454 Å². The van der Waals surface area contributed by atoms with Crippen LogP contribution in [0.3, 0.4) is 0 Å². The molecule has 9 atom stereocenters. The van der Waals surface area contributed by atoms with Crippen LogP contribution in [0.25, 0.3) is 0 Å². The first-order valence-electron chi connectivity index (χ1n) is 31.4. The van der Waals surface area contributed by atoms with Crippen molar-refractivity contribution in [2.45, 2.75) is 345 Å². The zero-order chi connectivity index (χ0) is 54.0. The molecular weight excluding hydrogens is 931 g/mol. The Hall–Kier alpha value is -1.67. The molecule has 0 saturated carbocycles. The van der Waals surface area contributed by atoms with Gasteiger partial charge in [0, 0.05) is 0 Å². The van der Waals surface area contributed by atoms with Crippen LogP contribution in [0.1, 0.15) is 290 Å². The number of aliphatic hydroxyl groups excluding tert-OH is 7. The number of carbonyl (C=O) groups is 1. The topological polar surface area (TPSA) is 189 Å². The van der Waals surface area contributed by atoms with Gasteiger partial charge in [0.1, 0.15) is 36.6 Å². The highest BCUT2D eigenvalue weighted by Gasteiger charge is 2.44. The summed E-state index contributed by atoms with van der Waals surface area (Å²) in [7, 11) is 0. The second-order valence-corrected chi connectivity index (χ2v) is 22.1. The number of amides is 1. The van der Waals surface area contributed by atoms with Crippen molar-refractivity contribution < 1.29 is 50.0 Å². The monoisotopic (exact) mass is 1050 g/mol. The van der Waals surface area contributed by atoms with Gasteiger partial charge in [0.25, 0.3) is 0 Å². The number of nitrogens with one attached hydrogen (secondary N) is 1. The first-order chi connectivity index (χ1) is 36.2. The maximum Gasteiger partial charge on any atom is 0.249 e. The van der Waals surface area contributed by atoms with Crippen molar-refractivity contribution in [3.8, 4) is 0 Å². The van der Waals surface area contributed by atoms with Crippen LogP contribution in [-0.4, -0.2) is 110 Å². The van der Waals surface area contributed by atoms with Crippen LogP contribution < -0.4 is 5.32 Å². The van der Waals surface area contributed by atoms with E-state index in [1.807, 2.05) is 0 Å². The van der Waals surface area contributed by atoms with Gasteiger partial charge in [0.15, 0.2) is 6.29 Å². The summed E-state index contributed by atoms with van der Waals surface area (Å²) >= 11 is 0. The summed E-state index contributed by atoms with van der Waals surface area (Å²) < 4.78 is 11.1. The summed E-state index contributed by atoms with van der Waals surface area (Å²) in [5, 5.41) is 76.1. The molecule has 0 aromatic rings. The molecule has 11 heteroatoms. The van der Waals surface area contributed by atoms with E-state index in [0.717, 1.165) is 44.9 Å². The van der Waals surface area contributed by atoms with Crippen LogP contribution in [0.5, 0.6) is 0 Å². The maximum absolute atomic E-state index is 13.2. The van der Waals surface area contributed by atoms with Gasteiger partial charge < -0.3 is 50.5 Å². The summed E-state index contributed by atoms with van der Waals surface area (Å²) in [6, 6.07) is -1.19. The summed E-state index contributed by atoms with van der Waals surface area (Å²) in [4.78, 5) is 13.2. The largest absolute Gasteiger partial charge is 0.394 e. The van der Waals surface area contributed by atoms with Crippen molar-refractivity contribution in [3.05, 3.63) is 36.5 Å². The van der Waals surface area contributed by atoms with E-state index in [4.69, 9.17) is 9.47 Å². The van der Waals surface area contributed by atoms with Crippen molar-refractivity contribution in [3.63, 3.8) is 0 Å². The number of aliphatic hydroxyl groups is 7. The van der Waals surface area contributed by atoms with Gasteiger partial charge in [0.05, 0.1) is 25.4 Å². The van der Waals surface area contributed by atoms with Crippen LogP contribution >= 0.6 is 0 Å². The van der Waals surface area contributed by atoms with E-state index < -0.39 is 74.2 Å². The van der Waals surface area contributed by atoms with Crippen molar-refractivity contribution >= 4 is 5.91 Å². The summed E-state index contributed by atoms with van der Waals surface area (Å²) in [6.45, 7) is 3.43. The lowest BCUT2D eigenvalue weighted by molar-refractivity contribution is -0.303. The Bertz CT molecular complexity index is 1300. The summed E-state index contributed by atoms with van der Waals surface area (Å²) in [5.74, 6) is -0.708. The quantitative estimate of drug-likeness (QED) is 0.0215. The first kappa shape index (κ1) is 70.3. The zero-order valence-electron chi connectivity index (χ0n) is 47.8. The molecule has 9 unspecified atom stereocenters. The van der Waals surface area contributed by atoms with Gasteiger partial charge >= 0.3 is 0 Å². The molecule has 0 aliphatic carbocycles. The molecule has 8 N–H and O–H groups in total. The third-order valence-electron chi connectivity index (χ3n) is 15.2. The molecule has 0 aromatic carbocycles. The van der Waals surface area contributed by atoms with E-state index in [9.17, 15) is 40.5 Å². The second-order valence-electron chi connectivity index (χ2n) is 22.1. The second kappa shape index (κ2) is 52.1. The number of unbranched alkanes of at least 4 members (excludes halogenated alkanes) is 36. The lowest BCUT2D eigenvalue weighted by Gasteiger charge is -2.40. The Morgan fingerprint density at radius 3 is 1.20 bits per heavy atom. The standard InChI is InChI=1S/C63H119NO10/c1-3-5-7-9-11-13-15-17-19-21-22-23-24-25-26-27-28-29-30-31-32-33-34-35-37-39-41-43-45-47-49-51-56(67)62(72)64-54(53-73-63-61(71)60(70)59(69)57(52-65)74-63)58(68)55(66)50-48-46-44-42-40-38-36-20-18-16-14-12-10-8-6-4-2/h12,14,20,36,42,44,54-61,63,65-71H,3-11,13,15-19,21-35,37-41,43,45-53H2,1-2H3,(H,64,72)/b14-12+,36-20+,44-42+. The molecule has 0 radical (unpaired) electrons. The molecule has 0 spiro atoms. The highest BCUT2D eigenvalue weighted by atomic mass is 16.7. The number of carbonyl (C=O) groups excluding carboxylic acids is 1. The van der Waals surface area contributed by atoms with Gasteiger partial charge in [-0.15, -0.1) is 0 Å². The fourth-order valence-corrected chi connectivity index (χ4v) is 10.1. The first-order valence-corrected chi connectivity index (χ1v) is 31.4. The van der Waals surface area contributed by atoms with Crippen molar-refractivity contribution in [2.24, 2.45) is 0 Å². The molecule has 1 amide bonds. The lowest BCUT2D eigenvalue weighted by Crippen LogP contribution is -2.60. The minimum absolute atomic E-state index is 0.242. The highest BCUT2D eigenvalue weighted by molar-refractivity contribution is 5.80. The highest BCUT2D eigenvalue weighted by Crippen LogP contribution is 2.23. The van der Waals surface area contributed by atoms with Gasteiger partial charge in [-0.25, -0.2) is 0 Å². The number of rotatable bonds is 54. The number of ether oxygens (including phenoxy) is 2. The molecule has 74 heavy (non-hydrogen) atoms. The smallest absolute Gasteiger partial charge is 0.249 e. The minimum atomic E-state index is -1.67. The van der Waals surface area contributed by atoms with E-state index in [0.29, 0.717) is 19.3 Å². The van der Waals surface area contributed by atoms with E-state index >= 15 is 0 Å². The average Bonchev–Trinajstić information content (AvgIpc) is 3.40. The molecule has 436 valence electrons. The lowest BCUT2D eigenvalue weighted by atomic mass is 9.98. The molecule has 1 aliphatic rings. The fraction of sp³-hybridized carbons (Fsp3) is 0.889.